The van der Waals surface area contributed by atoms with Gasteiger partial charge in [-0.05, 0) is 11.5 Å². The predicted molar refractivity (Wildman–Crippen MR) is 133 cm³/mol. The quantitative estimate of drug-likeness (QED) is 0.554. The second kappa shape index (κ2) is 8.86. The number of nitrogens with zero attached hydrogens (tertiary/aromatic N) is 2. The maximum Gasteiger partial charge on any atom is 0.351 e. The number of anilines is 1. The zero-order chi connectivity index (χ0) is 22.9. The van der Waals surface area contributed by atoms with Crippen molar-refractivity contribution in [1.82, 2.24) is 9.55 Å². The Bertz CT molecular complexity index is 1080. The van der Waals surface area contributed by atoms with Crippen molar-refractivity contribution in [1.29, 1.82) is 0 Å². The molecule has 0 bridgehead atoms. The number of nitrogens with two attached hydrogens (primary N) is 1. The largest absolute Gasteiger partial charge is 0.389 e. The fourth-order valence-electron chi connectivity index (χ4n) is 4.16. The smallest absolute Gasteiger partial charge is 0.351 e. The average molecular weight is 468 g/mol. The SMILES string of the molecule is CC(C)(C)C(O)[C@H]1O[C@](n2ccc(N)nc2=O)([SiH](c2ccccc2)c2ccccc2)CS1. The standard InChI is InChI=1S/C24H29N3O3SSi/c1-23(2,3)20(28)21-30-24(16-31-21,27-15-14-19(25)26-22(27)29)32(17-10-6-4-7-11-17)18-12-8-5-9-13-18/h4-15,20-21,28,32H,16H2,1-3H3,(H2,25,26,29)/t20?,21-,24-/m0/s1. The van der Waals surface area contributed by atoms with Crippen LogP contribution in [0, 0.1) is 5.41 Å². The molecule has 4 rings (SSSR count). The lowest BCUT2D eigenvalue weighted by molar-refractivity contribution is -0.0973. The molecule has 168 valence electrons. The van der Waals surface area contributed by atoms with E-state index in [-0.39, 0.29) is 11.2 Å². The normalized spacial score (nSPS) is 22.2. The summed E-state index contributed by atoms with van der Waals surface area (Å²) in [5.74, 6) is 0.702. The van der Waals surface area contributed by atoms with E-state index in [1.54, 1.807) is 28.6 Å². The van der Waals surface area contributed by atoms with Crippen molar-refractivity contribution in [3.05, 3.63) is 83.4 Å². The minimum Gasteiger partial charge on any atom is -0.389 e. The molecule has 0 amide bonds. The van der Waals surface area contributed by atoms with Gasteiger partial charge in [0.05, 0.1) is 6.10 Å². The fraction of sp³-hybridized carbons (Fsp3) is 0.333. The first-order valence-corrected chi connectivity index (χ1v) is 13.4. The maximum absolute atomic E-state index is 13.1. The second-order valence-corrected chi connectivity index (χ2v) is 13.4. The molecule has 0 radical (unpaired) electrons. The zero-order valence-corrected chi connectivity index (χ0v) is 20.5. The van der Waals surface area contributed by atoms with Crippen molar-refractivity contribution in [3.8, 4) is 0 Å². The number of aliphatic hydroxyl groups is 1. The Kier molecular flexibility index (Phi) is 6.31. The molecule has 32 heavy (non-hydrogen) atoms. The van der Waals surface area contributed by atoms with Gasteiger partial charge in [0.25, 0.3) is 0 Å². The van der Waals surface area contributed by atoms with Crippen LogP contribution in [-0.2, 0) is 10.1 Å². The Balaban J connectivity index is 1.93. The molecule has 1 saturated heterocycles. The van der Waals surface area contributed by atoms with E-state index in [9.17, 15) is 9.90 Å². The van der Waals surface area contributed by atoms with Crippen LogP contribution in [0.3, 0.4) is 0 Å². The molecule has 0 aliphatic carbocycles. The van der Waals surface area contributed by atoms with Crippen molar-refractivity contribution >= 4 is 36.7 Å². The molecule has 0 saturated carbocycles. The van der Waals surface area contributed by atoms with Crippen LogP contribution in [0.15, 0.2) is 77.7 Å². The van der Waals surface area contributed by atoms with Crippen LogP contribution in [0.25, 0.3) is 0 Å². The van der Waals surface area contributed by atoms with E-state index in [0.717, 1.165) is 10.4 Å². The van der Waals surface area contributed by atoms with Gasteiger partial charge >= 0.3 is 5.69 Å². The van der Waals surface area contributed by atoms with E-state index in [4.69, 9.17) is 10.5 Å². The van der Waals surface area contributed by atoms with Crippen LogP contribution in [-0.4, -0.2) is 40.7 Å². The van der Waals surface area contributed by atoms with Gasteiger partial charge in [0.15, 0.2) is 14.1 Å². The van der Waals surface area contributed by atoms with Gasteiger partial charge < -0.3 is 15.6 Å². The third-order valence-corrected chi connectivity index (χ3v) is 11.1. The molecule has 1 aliphatic heterocycles. The van der Waals surface area contributed by atoms with Crippen LogP contribution in [0.1, 0.15) is 20.8 Å². The first kappa shape index (κ1) is 22.8. The third-order valence-electron chi connectivity index (χ3n) is 5.87. The summed E-state index contributed by atoms with van der Waals surface area (Å²) in [5, 5.41) is 12.4. The van der Waals surface area contributed by atoms with E-state index in [1.165, 1.54) is 0 Å². The highest BCUT2D eigenvalue weighted by atomic mass is 32.2. The van der Waals surface area contributed by atoms with Crippen molar-refractivity contribution in [2.75, 3.05) is 11.5 Å². The van der Waals surface area contributed by atoms with Gasteiger partial charge in [-0.25, -0.2) is 4.79 Å². The van der Waals surface area contributed by atoms with Crippen molar-refractivity contribution < 1.29 is 9.84 Å². The van der Waals surface area contributed by atoms with Gasteiger partial charge in [-0.1, -0.05) is 91.8 Å². The number of nitrogen functional groups attached to an aromatic ring is 1. The predicted octanol–water partition coefficient (Wildman–Crippen LogP) is 1.56. The lowest BCUT2D eigenvalue weighted by Gasteiger charge is -2.39. The van der Waals surface area contributed by atoms with Crippen LogP contribution < -0.4 is 21.8 Å². The average Bonchev–Trinajstić information content (AvgIpc) is 3.19. The molecule has 2 aromatic carbocycles. The summed E-state index contributed by atoms with van der Waals surface area (Å²) in [6.07, 6.45) is 0.983. The summed E-state index contributed by atoms with van der Waals surface area (Å²) in [4.78, 5) is 17.1. The second-order valence-electron chi connectivity index (χ2n) is 9.21. The highest BCUT2D eigenvalue weighted by Gasteiger charge is 2.54. The summed E-state index contributed by atoms with van der Waals surface area (Å²) < 4.78 is 8.37. The number of rotatable bonds is 5. The summed E-state index contributed by atoms with van der Waals surface area (Å²) >= 11 is 1.55. The first-order valence-electron chi connectivity index (χ1n) is 10.7. The van der Waals surface area contributed by atoms with Gasteiger partial charge in [0, 0.05) is 11.9 Å². The minimum atomic E-state index is -2.21. The molecular weight excluding hydrogens is 438 g/mol. The number of hydrogen-bond acceptors (Lipinski definition) is 6. The third kappa shape index (κ3) is 4.28. The number of thioether (sulfide) groups is 1. The molecule has 8 heteroatoms. The zero-order valence-electron chi connectivity index (χ0n) is 18.5. The molecule has 0 spiro atoms. The summed E-state index contributed by atoms with van der Waals surface area (Å²) in [6, 6.07) is 22.1. The molecule has 1 aliphatic rings. The molecule has 3 aromatic rings. The van der Waals surface area contributed by atoms with Crippen LogP contribution in [0.2, 0.25) is 0 Å². The minimum absolute atomic E-state index is 0.177. The fourth-order valence-corrected chi connectivity index (χ4v) is 10.0. The number of aliphatic hydroxyl groups excluding tert-OH is 1. The Morgan fingerprint density at radius 3 is 2.19 bits per heavy atom. The molecule has 1 aromatic heterocycles. The van der Waals surface area contributed by atoms with Gasteiger partial charge in [0.2, 0.25) is 0 Å². The Morgan fingerprint density at radius 2 is 1.69 bits per heavy atom. The summed E-state index contributed by atoms with van der Waals surface area (Å²) in [6.45, 7) is 5.96. The Morgan fingerprint density at radius 1 is 1.12 bits per heavy atom. The molecule has 6 nitrogen and oxygen atoms in total. The molecule has 2 heterocycles. The van der Waals surface area contributed by atoms with Crippen LogP contribution in [0.4, 0.5) is 5.82 Å². The van der Waals surface area contributed by atoms with E-state index in [0.29, 0.717) is 5.75 Å². The monoisotopic (exact) mass is 467 g/mol. The topological polar surface area (TPSA) is 90.4 Å². The van der Waals surface area contributed by atoms with E-state index in [2.05, 4.69) is 29.2 Å². The Labute approximate surface area is 194 Å². The molecule has 1 fully saturated rings. The first-order chi connectivity index (χ1) is 15.2. The lowest BCUT2D eigenvalue weighted by atomic mass is 9.89. The Hall–Kier alpha value is -2.39. The van der Waals surface area contributed by atoms with Crippen molar-refractivity contribution in [3.63, 3.8) is 0 Å². The lowest BCUT2D eigenvalue weighted by Crippen LogP contribution is -2.65. The van der Waals surface area contributed by atoms with E-state index in [1.807, 2.05) is 57.2 Å². The molecule has 3 atom stereocenters. The van der Waals surface area contributed by atoms with Crippen LogP contribution >= 0.6 is 11.8 Å². The highest BCUT2D eigenvalue weighted by Crippen LogP contribution is 2.43. The summed E-state index contributed by atoms with van der Waals surface area (Å²) in [7, 11) is -2.21. The molecule has 3 N–H and O–H groups in total. The number of ether oxygens (including phenoxy) is 1. The maximum atomic E-state index is 13.1. The van der Waals surface area contributed by atoms with Crippen molar-refractivity contribution in [2.45, 2.75) is 37.7 Å². The molecule has 1 unspecified atom stereocenters. The van der Waals surface area contributed by atoms with E-state index < -0.39 is 31.4 Å². The number of benzene rings is 2. The molecular formula is C24H29N3O3SSi. The van der Waals surface area contributed by atoms with Gasteiger partial charge in [-0.2, -0.15) is 4.98 Å². The van der Waals surface area contributed by atoms with Gasteiger partial charge in [-0.3, -0.25) is 4.57 Å². The van der Waals surface area contributed by atoms with Gasteiger partial charge in [0.1, 0.15) is 11.3 Å². The van der Waals surface area contributed by atoms with E-state index >= 15 is 0 Å². The van der Waals surface area contributed by atoms with Crippen molar-refractivity contribution in [2.24, 2.45) is 5.41 Å². The number of aromatic nitrogens is 2. The number of hydrogen-bond donors (Lipinski definition) is 2. The van der Waals surface area contributed by atoms with Crippen LogP contribution in [0.5, 0.6) is 0 Å². The highest BCUT2D eigenvalue weighted by molar-refractivity contribution is 8.00. The van der Waals surface area contributed by atoms with Gasteiger partial charge in [-0.15, -0.1) is 11.8 Å². The summed E-state index contributed by atoms with van der Waals surface area (Å²) in [5.41, 5.74) is 4.52.